The summed E-state index contributed by atoms with van der Waals surface area (Å²) in [6.45, 7) is 38.3. The molecular formula is C64H114CoN4O2Y2+2. The molecule has 9 heteroatoms. The molecule has 0 amide bonds. The first-order valence-corrected chi connectivity index (χ1v) is 30.1. The van der Waals surface area contributed by atoms with Gasteiger partial charge in [0.15, 0.2) is 0 Å². The van der Waals surface area contributed by atoms with Gasteiger partial charge in [-0.25, -0.2) is 0 Å². The summed E-state index contributed by atoms with van der Waals surface area (Å²) in [7, 11) is 0. The molecule has 0 spiro atoms. The largest absolute Gasteiger partial charge is 0.507 e. The minimum atomic E-state index is -0.0115. The molecule has 0 heterocycles. The molecule has 3 rings (SSSR count). The number of hydrogen-bond acceptors (Lipinski definition) is 4. The zero-order valence-electron chi connectivity index (χ0n) is 49.8. The Labute approximate surface area is 513 Å². The summed E-state index contributed by atoms with van der Waals surface area (Å²) in [6.07, 6.45) is 35.6. The maximum absolute atomic E-state index is 11.8. The average Bonchev–Trinajstić information content (AvgIpc) is 3.36. The third-order valence-electron chi connectivity index (χ3n) is 17.4. The van der Waals surface area contributed by atoms with Crippen LogP contribution >= 0.6 is 0 Å². The molecule has 1 saturated carbocycles. The van der Waals surface area contributed by atoms with Gasteiger partial charge in [-0.2, -0.15) is 0 Å². The first-order valence-electron chi connectivity index (χ1n) is 30.1. The van der Waals surface area contributed by atoms with E-state index in [9.17, 15) is 10.2 Å². The Morgan fingerprint density at radius 2 is 0.712 bits per heavy atom. The molecule has 415 valence electrons. The average molecular weight is 1210 g/mol. The Kier molecular flexibility index (Phi) is 39.4. The van der Waals surface area contributed by atoms with E-state index in [0.29, 0.717) is 11.5 Å². The third-order valence-corrected chi connectivity index (χ3v) is 17.4. The van der Waals surface area contributed by atoms with Crippen molar-refractivity contribution in [2.24, 2.45) is 9.98 Å². The first-order chi connectivity index (χ1) is 33.7. The van der Waals surface area contributed by atoms with Crippen LogP contribution in [0, 0.1) is 13.8 Å². The summed E-state index contributed by atoms with van der Waals surface area (Å²) in [5.74, 6) is 0.706. The van der Waals surface area contributed by atoms with Crippen LogP contribution in [-0.4, -0.2) is 96.1 Å². The van der Waals surface area contributed by atoms with Gasteiger partial charge in [0.25, 0.3) is 0 Å². The Balaban J connectivity index is 0.0000173. The molecule has 1 fully saturated rings. The third kappa shape index (κ3) is 24.1. The van der Waals surface area contributed by atoms with Crippen molar-refractivity contribution >= 4 is 12.4 Å². The quantitative estimate of drug-likeness (QED) is 0.0520. The molecule has 3 radical (unpaired) electrons. The van der Waals surface area contributed by atoms with Crippen molar-refractivity contribution in [3.8, 4) is 11.5 Å². The predicted octanol–water partition coefficient (Wildman–Crippen LogP) is 17.4. The zero-order chi connectivity index (χ0) is 51.5. The van der Waals surface area contributed by atoms with E-state index in [1.54, 1.807) is 0 Å². The molecule has 6 nitrogen and oxygen atoms in total. The van der Waals surface area contributed by atoms with E-state index in [1.807, 2.05) is 19.4 Å². The van der Waals surface area contributed by atoms with E-state index in [2.05, 4.69) is 100 Å². The normalized spacial score (nSPS) is 15.7. The van der Waals surface area contributed by atoms with Gasteiger partial charge in [-0.3, -0.25) is 9.98 Å². The van der Waals surface area contributed by atoms with Gasteiger partial charge in [-0.05, 0) is 149 Å². The predicted molar refractivity (Wildman–Crippen MR) is 308 cm³/mol. The number of rotatable bonds is 38. The van der Waals surface area contributed by atoms with Crippen LogP contribution in [-0.2, 0) is 93.0 Å². The summed E-state index contributed by atoms with van der Waals surface area (Å²) in [5, 5.41) is 23.2. The number of benzene rings is 2. The fourth-order valence-electron chi connectivity index (χ4n) is 12.2. The number of unbranched alkanes of at least 4 members (excludes halogenated alkanes) is 8. The topological polar surface area (TPSA) is 65.2 Å². The SMILES string of the molecule is CCCCC(C)(CCCC)c1cc(C)c(O)c(C=N[C@H]2CCCC[C@@H]2N=Cc2cc(C(C)(CCC[N+](CCCC)(CCCC)CCCC)CCC[N+](CCCC)(CCCC)CCCC)cc(C)c2O)c1.[Co].[Y].[Y]. The molecule has 0 bridgehead atoms. The fourth-order valence-corrected chi connectivity index (χ4v) is 12.2. The monoisotopic (exact) mass is 1210 g/mol. The number of hydrogen-bond donors (Lipinski definition) is 2. The number of aromatic hydroxyl groups is 2. The standard InChI is InChI=1S/C64H112N4O2.Co.2Y/c1-13-21-35-63(11,36-22-14-2)57-47-53(9)61(69)55(49-57)51-65-59-33-29-30-34-60(59)66-52-56-50-58(48-54(10)62(56)70)64(12,37-31-45-67(39-23-15-3,40-24-16-4)41-25-17-5)38-32-46-68(42-26-18-6,43-27-19-7)44-28-20-8;;;/h47-52,59-60H,13-46H2,1-12H3;;;/p+2/t59-,60-;;;/m0.../s1. The Morgan fingerprint density at radius 1 is 0.452 bits per heavy atom. The second-order valence-electron chi connectivity index (χ2n) is 23.6. The number of quaternary nitrogens is 2. The molecular weight excluding hydrogens is 1090 g/mol. The van der Waals surface area contributed by atoms with Crippen molar-refractivity contribution in [2.45, 2.75) is 273 Å². The molecule has 2 atom stereocenters. The number of phenolic OH excluding ortho intramolecular Hbond substituents is 2. The first kappa shape index (κ1) is 73.0. The number of aliphatic imine (C=N–C) groups is 2. The summed E-state index contributed by atoms with van der Waals surface area (Å²) in [6, 6.07) is 9.18. The van der Waals surface area contributed by atoms with Gasteiger partial charge < -0.3 is 19.2 Å². The van der Waals surface area contributed by atoms with Crippen LogP contribution in [0.2, 0.25) is 0 Å². The fraction of sp³-hybridized carbons (Fsp3) is 0.781. The maximum atomic E-state index is 11.8. The van der Waals surface area contributed by atoms with E-state index in [0.717, 1.165) is 60.8 Å². The van der Waals surface area contributed by atoms with Crippen molar-refractivity contribution in [1.82, 2.24) is 0 Å². The van der Waals surface area contributed by atoms with Gasteiger partial charge >= 0.3 is 0 Å². The summed E-state index contributed by atoms with van der Waals surface area (Å²) >= 11 is 0. The van der Waals surface area contributed by atoms with Crippen molar-refractivity contribution in [1.29, 1.82) is 0 Å². The van der Waals surface area contributed by atoms with Crippen molar-refractivity contribution in [2.75, 3.05) is 52.4 Å². The molecule has 73 heavy (non-hydrogen) atoms. The molecule has 0 saturated heterocycles. The van der Waals surface area contributed by atoms with Crippen molar-refractivity contribution in [3.05, 3.63) is 57.6 Å². The zero-order valence-corrected chi connectivity index (χ0v) is 56.5. The van der Waals surface area contributed by atoms with Crippen molar-refractivity contribution in [3.63, 3.8) is 0 Å². The van der Waals surface area contributed by atoms with E-state index >= 15 is 0 Å². The number of phenols is 2. The molecule has 0 aliphatic heterocycles. The van der Waals surface area contributed by atoms with Crippen LogP contribution in [0.3, 0.4) is 0 Å². The van der Waals surface area contributed by atoms with E-state index in [1.165, 1.54) is 201 Å². The summed E-state index contributed by atoms with van der Waals surface area (Å²) in [4.78, 5) is 10.6. The minimum absolute atomic E-state index is 0. The maximum Gasteiger partial charge on any atom is 0.127 e. The Hall–Kier alpha value is 0.0143. The molecule has 2 aromatic rings. The van der Waals surface area contributed by atoms with Crippen LogP contribution in [0.15, 0.2) is 34.3 Å². The van der Waals surface area contributed by atoms with Crippen LogP contribution in [0.5, 0.6) is 11.5 Å². The molecule has 1 aliphatic rings. The van der Waals surface area contributed by atoms with Gasteiger partial charge in [0, 0.05) is 106 Å². The number of nitrogens with zero attached hydrogens (tertiary/aromatic N) is 4. The Bertz CT molecular complexity index is 1730. The van der Waals surface area contributed by atoms with Crippen molar-refractivity contribution < 1.29 is 101 Å². The molecule has 0 unspecified atom stereocenters. The van der Waals surface area contributed by atoms with Crippen LogP contribution in [0.1, 0.15) is 270 Å². The summed E-state index contributed by atoms with van der Waals surface area (Å²) in [5.41, 5.74) is 6.34. The van der Waals surface area contributed by atoms with Gasteiger partial charge in [-0.1, -0.05) is 158 Å². The van der Waals surface area contributed by atoms with Gasteiger partial charge in [0.1, 0.15) is 11.5 Å². The van der Waals surface area contributed by atoms with Gasteiger partial charge in [0.05, 0.1) is 64.4 Å². The van der Waals surface area contributed by atoms with Crippen LogP contribution in [0.4, 0.5) is 0 Å². The van der Waals surface area contributed by atoms with Gasteiger partial charge in [-0.15, -0.1) is 0 Å². The van der Waals surface area contributed by atoms with E-state index < -0.39 is 0 Å². The second-order valence-corrected chi connectivity index (χ2v) is 23.6. The van der Waals surface area contributed by atoms with Crippen LogP contribution < -0.4 is 0 Å². The Morgan fingerprint density at radius 3 is 0.986 bits per heavy atom. The number of aryl methyl sites for hydroxylation is 2. The van der Waals surface area contributed by atoms with Gasteiger partial charge in [0.2, 0.25) is 0 Å². The van der Waals surface area contributed by atoms with E-state index in [-0.39, 0.29) is 105 Å². The van der Waals surface area contributed by atoms with E-state index in [4.69, 9.17) is 9.98 Å². The molecule has 0 aromatic heterocycles. The summed E-state index contributed by atoms with van der Waals surface area (Å²) < 4.78 is 2.58. The smallest absolute Gasteiger partial charge is 0.127 e. The minimum Gasteiger partial charge on any atom is -0.507 e. The molecule has 2 aromatic carbocycles. The van der Waals surface area contributed by atoms with Crippen LogP contribution in [0.25, 0.3) is 0 Å². The second kappa shape index (κ2) is 39.4. The molecule has 1 aliphatic carbocycles. The molecule has 2 N–H and O–H groups in total.